The van der Waals surface area contributed by atoms with E-state index in [-0.39, 0.29) is 39.2 Å². The molecule has 2 heterocycles. The summed E-state index contributed by atoms with van der Waals surface area (Å²) < 4.78 is 28.0. The molecule has 0 bridgehead atoms. The SMILES string of the molecule is [2H]C([2H])([2H])c1cc2c3c(c1)N(c1ccc(-c4ccccc4)cc1-c1ccccc1)c1cc4c(cc1B3c1cc3c(cc1N2c1cc2c(cc1C)C(C)(C)CCC2(C)C)C(C)(C)CCC3(C)C)C(C)(C)CC4(C)C. The van der Waals surface area contributed by atoms with Crippen LogP contribution in [0.5, 0.6) is 0 Å². The minimum atomic E-state index is -2.39. The van der Waals surface area contributed by atoms with Crippen molar-refractivity contribution in [2.75, 3.05) is 9.80 Å². The number of hydrogen-bond acceptors (Lipinski definition) is 2. The van der Waals surface area contributed by atoms with Crippen LogP contribution in [0.1, 0.15) is 164 Å². The predicted octanol–water partition coefficient (Wildman–Crippen LogP) is 16.4. The average Bonchev–Trinajstić information content (AvgIpc) is 3.52. The maximum absolute atomic E-state index is 9.34. The summed E-state index contributed by atoms with van der Waals surface area (Å²) in [7, 11) is 0. The van der Waals surface area contributed by atoms with Crippen molar-refractivity contribution in [1.82, 2.24) is 0 Å². The van der Waals surface area contributed by atoms with Gasteiger partial charge in [-0.2, -0.15) is 0 Å². The van der Waals surface area contributed by atoms with Crippen molar-refractivity contribution in [3.05, 3.63) is 172 Å². The van der Waals surface area contributed by atoms with E-state index in [4.69, 9.17) is 0 Å². The van der Waals surface area contributed by atoms with Crippen LogP contribution in [0.4, 0.5) is 34.1 Å². The van der Waals surface area contributed by atoms with E-state index in [1.807, 2.05) is 6.07 Å². The zero-order valence-corrected chi connectivity index (χ0v) is 44.1. The molecule has 7 aromatic carbocycles. The largest absolute Gasteiger partial charge is 0.311 e. The van der Waals surface area contributed by atoms with Crippen LogP contribution in [0, 0.1) is 13.8 Å². The zero-order valence-electron chi connectivity index (χ0n) is 47.1. The summed E-state index contributed by atoms with van der Waals surface area (Å²) in [5.74, 6) is 0. The summed E-state index contributed by atoms with van der Waals surface area (Å²) in [6.07, 6.45) is 5.49. The average molecular weight is 920 g/mol. The Morgan fingerprint density at radius 2 is 0.829 bits per heavy atom. The first kappa shape index (κ1) is 41.9. The summed E-state index contributed by atoms with van der Waals surface area (Å²) >= 11 is 0. The second-order valence-corrected chi connectivity index (χ2v) is 26.1. The van der Waals surface area contributed by atoms with Gasteiger partial charge >= 0.3 is 0 Å². The van der Waals surface area contributed by atoms with Gasteiger partial charge in [-0.25, -0.2) is 0 Å². The Balaban J connectivity index is 1.25. The molecule has 3 aliphatic carbocycles. The second kappa shape index (κ2) is 14.9. The molecule has 0 atom stereocenters. The molecule has 0 spiro atoms. The fourth-order valence-corrected chi connectivity index (χ4v) is 14.4. The molecule has 0 radical (unpaired) electrons. The highest BCUT2D eigenvalue weighted by Gasteiger charge is 2.50. The van der Waals surface area contributed by atoms with E-state index in [9.17, 15) is 4.11 Å². The Labute approximate surface area is 424 Å². The standard InChI is InChI=1S/C67H73BN2/c1-41-31-59-61-60(32-41)70(56-37-50-47(33-42(56)2)62(3,4)27-29-64(50,7)8)58-38-51-48(63(5,6)28-30-65(51,9)10)35-53(58)68(61)54-36-49-52(67(13,14)40-66(49,11)12)39-57(54)69(59)55-26-25-45(43-21-17-15-18-22-43)34-46(55)44-23-19-16-20-24-44/h15-26,31-39H,27-30,40H2,1-14H3/i1D3. The smallest absolute Gasteiger partial charge is 0.252 e. The first-order valence-corrected chi connectivity index (χ1v) is 26.3. The van der Waals surface area contributed by atoms with Crippen molar-refractivity contribution in [3.8, 4) is 22.3 Å². The maximum atomic E-state index is 9.34. The summed E-state index contributed by atoms with van der Waals surface area (Å²) in [4.78, 5) is 5.02. The van der Waals surface area contributed by atoms with Gasteiger partial charge in [-0.3, -0.25) is 0 Å². The van der Waals surface area contributed by atoms with Gasteiger partial charge in [-0.05, 0) is 198 Å². The van der Waals surface area contributed by atoms with Crippen molar-refractivity contribution >= 4 is 57.2 Å². The molecule has 2 nitrogen and oxygen atoms in total. The highest BCUT2D eigenvalue weighted by Crippen LogP contribution is 2.56. The van der Waals surface area contributed by atoms with Crippen LogP contribution in [-0.4, -0.2) is 6.71 Å². The lowest BCUT2D eigenvalue weighted by Crippen LogP contribution is -2.62. The topological polar surface area (TPSA) is 6.48 Å². The molecular formula is C67H73BN2. The molecular weight excluding hydrogens is 844 g/mol. The van der Waals surface area contributed by atoms with Crippen molar-refractivity contribution < 1.29 is 4.11 Å². The van der Waals surface area contributed by atoms with Gasteiger partial charge in [0.1, 0.15) is 0 Å². The molecule has 0 saturated carbocycles. The van der Waals surface area contributed by atoms with Crippen molar-refractivity contribution in [2.24, 2.45) is 0 Å². The van der Waals surface area contributed by atoms with E-state index < -0.39 is 6.85 Å². The van der Waals surface area contributed by atoms with Crippen LogP contribution in [-0.2, 0) is 32.5 Å². The van der Waals surface area contributed by atoms with Crippen molar-refractivity contribution in [2.45, 2.75) is 161 Å². The fourth-order valence-electron chi connectivity index (χ4n) is 14.4. The van der Waals surface area contributed by atoms with Gasteiger partial charge in [0.15, 0.2) is 0 Å². The third kappa shape index (κ3) is 6.65. The number of hydrogen-bond donors (Lipinski definition) is 0. The van der Waals surface area contributed by atoms with Gasteiger partial charge in [0, 0.05) is 38.1 Å². The van der Waals surface area contributed by atoms with Gasteiger partial charge < -0.3 is 9.80 Å². The molecule has 0 N–H and O–H groups in total. The van der Waals surface area contributed by atoms with E-state index in [0.29, 0.717) is 5.56 Å². The van der Waals surface area contributed by atoms with Crippen molar-refractivity contribution in [3.63, 3.8) is 0 Å². The number of anilines is 6. The molecule has 7 aromatic rings. The predicted molar refractivity (Wildman–Crippen MR) is 302 cm³/mol. The first-order valence-electron chi connectivity index (χ1n) is 27.8. The molecule has 5 aliphatic rings. The number of nitrogens with zero attached hydrogens (tertiary/aromatic N) is 2. The normalized spacial score (nSPS) is 20.7. The molecule has 0 fully saturated rings. The molecule has 3 heteroatoms. The third-order valence-corrected chi connectivity index (χ3v) is 18.4. The highest BCUT2D eigenvalue weighted by molar-refractivity contribution is 7.00. The van der Waals surface area contributed by atoms with Crippen LogP contribution < -0.4 is 26.2 Å². The Hall–Kier alpha value is -5.80. The molecule has 12 rings (SSSR count). The van der Waals surface area contributed by atoms with Gasteiger partial charge in [0.05, 0.1) is 5.69 Å². The van der Waals surface area contributed by atoms with Crippen LogP contribution in [0.3, 0.4) is 0 Å². The number of aryl methyl sites for hydroxylation is 2. The van der Waals surface area contributed by atoms with Crippen LogP contribution in [0.15, 0.2) is 127 Å². The van der Waals surface area contributed by atoms with Crippen LogP contribution in [0.2, 0.25) is 0 Å². The van der Waals surface area contributed by atoms with Crippen LogP contribution >= 0.6 is 0 Å². The fraction of sp³-hybridized carbons (Fsp3) is 0.373. The minimum absolute atomic E-state index is 0.0329. The van der Waals surface area contributed by atoms with E-state index >= 15 is 0 Å². The molecule has 0 aromatic heterocycles. The van der Waals surface area contributed by atoms with Gasteiger partial charge in [-0.1, -0.05) is 168 Å². The quantitative estimate of drug-likeness (QED) is 0.162. The maximum Gasteiger partial charge on any atom is 0.252 e. The molecule has 0 amide bonds. The van der Waals surface area contributed by atoms with Crippen molar-refractivity contribution in [1.29, 1.82) is 0 Å². The Morgan fingerprint density at radius 3 is 1.34 bits per heavy atom. The Bertz CT molecular complexity index is 3450. The highest BCUT2D eigenvalue weighted by atomic mass is 15.2. The number of rotatable bonds is 4. The molecule has 70 heavy (non-hydrogen) atoms. The minimum Gasteiger partial charge on any atom is -0.311 e. The zero-order chi connectivity index (χ0) is 51.7. The van der Waals surface area contributed by atoms with E-state index in [1.54, 1.807) is 0 Å². The van der Waals surface area contributed by atoms with Crippen LogP contribution in [0.25, 0.3) is 22.3 Å². The lowest BCUT2D eigenvalue weighted by atomic mass is 9.32. The van der Waals surface area contributed by atoms with Gasteiger partial charge in [-0.15, -0.1) is 0 Å². The van der Waals surface area contributed by atoms with Gasteiger partial charge in [0.2, 0.25) is 0 Å². The van der Waals surface area contributed by atoms with E-state index in [0.717, 1.165) is 82.8 Å². The van der Waals surface area contributed by atoms with E-state index in [1.165, 1.54) is 61.0 Å². The second-order valence-electron chi connectivity index (χ2n) is 26.1. The monoisotopic (exact) mass is 920 g/mol. The van der Waals surface area contributed by atoms with Gasteiger partial charge in [0.25, 0.3) is 6.71 Å². The van der Waals surface area contributed by atoms with E-state index in [2.05, 4.69) is 221 Å². The lowest BCUT2D eigenvalue weighted by molar-refractivity contribution is 0.331. The molecule has 0 saturated heterocycles. The Morgan fingerprint density at radius 1 is 0.400 bits per heavy atom. The summed E-state index contributed by atoms with van der Waals surface area (Å²) in [5, 5.41) is 0. The summed E-state index contributed by atoms with van der Waals surface area (Å²) in [6.45, 7) is 28.9. The summed E-state index contributed by atoms with van der Waals surface area (Å²) in [6, 6.07) is 47.8. The first-order chi connectivity index (χ1) is 34.2. The lowest BCUT2D eigenvalue weighted by Gasteiger charge is -2.48. The third-order valence-electron chi connectivity index (χ3n) is 18.4. The molecule has 2 aliphatic heterocycles. The molecule has 0 unspecified atom stereocenters. The number of fused-ring (bicyclic) bond motifs is 7. The number of benzene rings is 7. The molecule has 354 valence electrons. The Kier molecular flexibility index (Phi) is 8.91. The summed E-state index contributed by atoms with van der Waals surface area (Å²) in [5.41, 5.74) is 24.4.